The Balaban J connectivity index is 1.73. The van der Waals surface area contributed by atoms with Crippen molar-refractivity contribution in [3.05, 3.63) is 35.8 Å². The van der Waals surface area contributed by atoms with Crippen LogP contribution in [-0.4, -0.2) is 71.0 Å². The maximum atomic E-state index is 12.8. The van der Waals surface area contributed by atoms with Crippen LogP contribution in [-0.2, 0) is 4.74 Å². The van der Waals surface area contributed by atoms with Crippen molar-refractivity contribution < 1.29 is 9.53 Å². The van der Waals surface area contributed by atoms with E-state index in [1.165, 1.54) is 0 Å². The first-order valence-corrected chi connectivity index (χ1v) is 8.08. The highest BCUT2D eigenvalue weighted by molar-refractivity contribution is 5.99. The van der Waals surface area contributed by atoms with E-state index in [0.717, 1.165) is 37.6 Å². The Kier molecular flexibility index (Phi) is 4.63. The fourth-order valence-electron chi connectivity index (χ4n) is 3.12. The summed E-state index contributed by atoms with van der Waals surface area (Å²) in [4.78, 5) is 21.4. The largest absolute Gasteiger partial charge is 0.379 e. The van der Waals surface area contributed by atoms with Crippen LogP contribution < -0.4 is 0 Å². The van der Waals surface area contributed by atoms with Crippen LogP contribution in [0.3, 0.4) is 0 Å². The normalized spacial score (nSPS) is 17.3. The van der Waals surface area contributed by atoms with Gasteiger partial charge in [-0.15, -0.1) is 0 Å². The Bertz CT molecular complexity index is 691. The predicted octanol–water partition coefficient (Wildman–Crippen LogP) is 1.44. The number of rotatable bonds is 4. The van der Waals surface area contributed by atoms with Crippen molar-refractivity contribution in [2.75, 3.05) is 39.9 Å². The van der Waals surface area contributed by atoms with Crippen LogP contribution >= 0.6 is 0 Å². The van der Waals surface area contributed by atoms with E-state index in [0.29, 0.717) is 18.2 Å². The first-order valence-electron chi connectivity index (χ1n) is 8.08. The lowest BCUT2D eigenvalue weighted by Crippen LogP contribution is -2.47. The van der Waals surface area contributed by atoms with Gasteiger partial charge in [0.05, 0.1) is 24.5 Å². The van der Waals surface area contributed by atoms with E-state index in [2.05, 4.69) is 16.8 Å². The smallest absolute Gasteiger partial charge is 0.257 e. The molecule has 1 saturated heterocycles. The lowest BCUT2D eigenvalue weighted by Gasteiger charge is -2.34. The Morgan fingerprint density at radius 2 is 2.17 bits per heavy atom. The minimum absolute atomic E-state index is 0.0151. The third-order valence-electron chi connectivity index (χ3n) is 4.39. The molecule has 1 fully saturated rings. The van der Waals surface area contributed by atoms with E-state index in [4.69, 9.17) is 4.74 Å². The van der Waals surface area contributed by atoms with E-state index in [9.17, 15) is 4.79 Å². The molecule has 2 aromatic rings. The van der Waals surface area contributed by atoms with Crippen LogP contribution in [0.25, 0.3) is 5.65 Å². The van der Waals surface area contributed by atoms with E-state index in [1.807, 2.05) is 42.9 Å². The number of amides is 1. The third-order valence-corrected chi connectivity index (χ3v) is 4.39. The number of nitrogens with zero attached hydrogens (tertiary/aromatic N) is 4. The Labute approximate surface area is 136 Å². The molecule has 0 saturated carbocycles. The number of fused-ring (bicyclic) bond motifs is 1. The molecular weight excluding hydrogens is 292 g/mol. The molecule has 0 radical (unpaired) electrons. The molecule has 124 valence electrons. The summed E-state index contributed by atoms with van der Waals surface area (Å²) in [7, 11) is 1.86. The van der Waals surface area contributed by atoms with Gasteiger partial charge in [-0.1, -0.05) is 0 Å². The van der Waals surface area contributed by atoms with Crippen molar-refractivity contribution >= 4 is 11.6 Å². The third kappa shape index (κ3) is 3.38. The molecular formula is C17H24N4O2. The molecule has 0 N–H and O–H groups in total. The highest BCUT2D eigenvalue weighted by Gasteiger charge is 2.22. The Morgan fingerprint density at radius 1 is 1.43 bits per heavy atom. The molecule has 2 aromatic heterocycles. The minimum atomic E-state index is 0.0151. The summed E-state index contributed by atoms with van der Waals surface area (Å²) in [6, 6.07) is 4.05. The lowest BCUT2D eigenvalue weighted by molar-refractivity contribution is 0.0142. The number of likely N-dealkylation sites (N-methyl/N-ethyl adjacent to an activating group) is 1. The number of hydrogen-bond donors (Lipinski definition) is 0. The number of aryl methyl sites for hydroxylation is 1. The summed E-state index contributed by atoms with van der Waals surface area (Å²) in [5, 5.41) is 0. The lowest BCUT2D eigenvalue weighted by atomic mass is 10.2. The molecule has 23 heavy (non-hydrogen) atoms. The second-order valence-electron chi connectivity index (χ2n) is 6.22. The number of carbonyl (C=O) groups excluding carboxylic acids is 1. The highest BCUT2D eigenvalue weighted by atomic mass is 16.5. The first kappa shape index (κ1) is 16.0. The van der Waals surface area contributed by atoms with Crippen LogP contribution in [0, 0.1) is 6.92 Å². The van der Waals surface area contributed by atoms with E-state index < -0.39 is 0 Å². The zero-order valence-corrected chi connectivity index (χ0v) is 14.0. The maximum absolute atomic E-state index is 12.8. The topological polar surface area (TPSA) is 50.1 Å². The second kappa shape index (κ2) is 6.68. The van der Waals surface area contributed by atoms with E-state index in [1.54, 1.807) is 4.90 Å². The number of carbonyl (C=O) groups is 1. The van der Waals surface area contributed by atoms with Gasteiger partial charge in [0.1, 0.15) is 5.65 Å². The summed E-state index contributed by atoms with van der Waals surface area (Å²) in [5.74, 6) is 0.0151. The van der Waals surface area contributed by atoms with Gasteiger partial charge in [-0.2, -0.15) is 0 Å². The molecule has 0 aromatic carbocycles. The molecule has 0 bridgehead atoms. The number of aromatic nitrogens is 2. The molecule has 0 unspecified atom stereocenters. The van der Waals surface area contributed by atoms with Crippen molar-refractivity contribution in [2.24, 2.45) is 0 Å². The van der Waals surface area contributed by atoms with E-state index in [-0.39, 0.29) is 5.91 Å². The zero-order valence-electron chi connectivity index (χ0n) is 14.0. The zero-order chi connectivity index (χ0) is 16.4. The fourth-order valence-corrected chi connectivity index (χ4v) is 3.12. The fraction of sp³-hybridized carbons (Fsp3) is 0.529. The van der Waals surface area contributed by atoms with Gasteiger partial charge in [-0.3, -0.25) is 9.69 Å². The SMILES string of the molecule is Cc1cn2cccc(C(=O)N(C)C[C@H](C)N3CCOCC3)c2n1. The number of pyridine rings is 1. The molecule has 1 amide bonds. The van der Waals surface area contributed by atoms with Gasteiger partial charge >= 0.3 is 0 Å². The second-order valence-corrected chi connectivity index (χ2v) is 6.22. The summed E-state index contributed by atoms with van der Waals surface area (Å²) in [5.41, 5.74) is 2.28. The van der Waals surface area contributed by atoms with Crippen LogP contribution in [0.1, 0.15) is 23.0 Å². The van der Waals surface area contributed by atoms with Gasteiger partial charge in [0.25, 0.3) is 5.91 Å². The average Bonchev–Trinajstić information content (AvgIpc) is 2.95. The average molecular weight is 316 g/mol. The molecule has 1 aliphatic rings. The van der Waals surface area contributed by atoms with Crippen molar-refractivity contribution in [1.82, 2.24) is 19.2 Å². The standard InChI is InChI=1S/C17H24N4O2/c1-13-11-21-6-4-5-15(16(21)18-13)17(22)19(3)12-14(2)20-7-9-23-10-8-20/h4-6,11,14H,7-10,12H2,1-3H3/t14-/m0/s1. The molecule has 6 nitrogen and oxygen atoms in total. The molecule has 3 rings (SSSR count). The van der Waals surface area contributed by atoms with Gasteiger partial charge in [0.2, 0.25) is 0 Å². The number of morpholine rings is 1. The van der Waals surface area contributed by atoms with Crippen molar-refractivity contribution in [1.29, 1.82) is 0 Å². The Morgan fingerprint density at radius 3 is 2.91 bits per heavy atom. The van der Waals surface area contributed by atoms with Gasteiger partial charge in [-0.05, 0) is 26.0 Å². The molecule has 6 heteroatoms. The molecule has 3 heterocycles. The number of ether oxygens (including phenoxy) is 1. The first-order chi connectivity index (χ1) is 11.1. The van der Waals surface area contributed by atoms with Gasteiger partial charge in [-0.25, -0.2) is 4.98 Å². The van der Waals surface area contributed by atoms with Crippen LogP contribution in [0.15, 0.2) is 24.5 Å². The van der Waals surface area contributed by atoms with Crippen LogP contribution in [0.2, 0.25) is 0 Å². The highest BCUT2D eigenvalue weighted by Crippen LogP contribution is 2.14. The Hall–Kier alpha value is -1.92. The molecule has 0 aliphatic carbocycles. The molecule has 0 spiro atoms. The van der Waals surface area contributed by atoms with Gasteiger partial charge in [0, 0.05) is 45.1 Å². The number of imidazole rings is 1. The van der Waals surface area contributed by atoms with Crippen LogP contribution in [0.4, 0.5) is 0 Å². The monoisotopic (exact) mass is 316 g/mol. The van der Waals surface area contributed by atoms with Gasteiger partial charge in [0.15, 0.2) is 0 Å². The number of hydrogen-bond acceptors (Lipinski definition) is 4. The predicted molar refractivity (Wildman–Crippen MR) is 88.7 cm³/mol. The van der Waals surface area contributed by atoms with Crippen molar-refractivity contribution in [2.45, 2.75) is 19.9 Å². The van der Waals surface area contributed by atoms with Crippen LogP contribution in [0.5, 0.6) is 0 Å². The maximum Gasteiger partial charge on any atom is 0.257 e. The van der Waals surface area contributed by atoms with Crippen molar-refractivity contribution in [3.63, 3.8) is 0 Å². The van der Waals surface area contributed by atoms with Crippen molar-refractivity contribution in [3.8, 4) is 0 Å². The summed E-state index contributed by atoms with van der Waals surface area (Å²) >= 11 is 0. The summed E-state index contributed by atoms with van der Waals surface area (Å²) < 4.78 is 7.29. The quantitative estimate of drug-likeness (QED) is 0.856. The summed E-state index contributed by atoms with van der Waals surface area (Å²) in [6.45, 7) is 8.19. The molecule has 1 atom stereocenters. The van der Waals surface area contributed by atoms with Gasteiger partial charge < -0.3 is 14.0 Å². The van der Waals surface area contributed by atoms with E-state index >= 15 is 0 Å². The molecule has 1 aliphatic heterocycles. The minimum Gasteiger partial charge on any atom is -0.379 e. The summed E-state index contributed by atoms with van der Waals surface area (Å²) in [6.07, 6.45) is 3.85.